The van der Waals surface area contributed by atoms with Gasteiger partial charge in [-0.3, -0.25) is 4.79 Å². The summed E-state index contributed by atoms with van der Waals surface area (Å²) in [6.07, 6.45) is 0. The van der Waals surface area contributed by atoms with E-state index in [9.17, 15) is 9.18 Å². The number of carbonyl (C=O) groups excluding carboxylic acids is 1. The molecule has 2 N–H and O–H groups in total. The van der Waals surface area contributed by atoms with E-state index in [4.69, 9.17) is 4.74 Å². The fourth-order valence-corrected chi connectivity index (χ4v) is 4.12. The summed E-state index contributed by atoms with van der Waals surface area (Å²) in [5.41, 5.74) is 4.53. The van der Waals surface area contributed by atoms with Crippen molar-refractivity contribution in [1.29, 1.82) is 0 Å². The molecule has 4 rings (SSSR count). The molecule has 0 saturated carbocycles. The van der Waals surface area contributed by atoms with Crippen LogP contribution in [0.4, 0.5) is 4.39 Å². The number of aromatic nitrogens is 2. The number of halogens is 1. The zero-order valence-corrected chi connectivity index (χ0v) is 17.9. The molecule has 1 saturated heterocycles. The molecular formula is C24H28FN4O2+. The van der Waals surface area contributed by atoms with E-state index in [1.165, 1.54) is 17.0 Å². The van der Waals surface area contributed by atoms with E-state index in [1.54, 1.807) is 12.1 Å². The van der Waals surface area contributed by atoms with Gasteiger partial charge in [0.1, 0.15) is 24.9 Å². The van der Waals surface area contributed by atoms with Crippen LogP contribution in [-0.4, -0.2) is 48.5 Å². The lowest BCUT2D eigenvalue weighted by atomic mass is 10.0. The SMILES string of the molecule is Cc1cc(C)n(-c2ccc(C(=O)NC[C@@H](c3ccc(F)cc3)[NH+]3CCOCC3)cc2)n1. The average molecular weight is 424 g/mol. The van der Waals surface area contributed by atoms with Crippen molar-refractivity contribution < 1.29 is 18.8 Å². The van der Waals surface area contributed by atoms with E-state index in [1.807, 2.05) is 48.9 Å². The van der Waals surface area contributed by atoms with Gasteiger partial charge in [-0.2, -0.15) is 5.10 Å². The summed E-state index contributed by atoms with van der Waals surface area (Å²) >= 11 is 0. The van der Waals surface area contributed by atoms with Crippen LogP contribution >= 0.6 is 0 Å². The summed E-state index contributed by atoms with van der Waals surface area (Å²) in [7, 11) is 0. The fourth-order valence-electron chi connectivity index (χ4n) is 4.12. The van der Waals surface area contributed by atoms with Crippen molar-refractivity contribution in [3.63, 3.8) is 0 Å². The molecule has 1 amide bonds. The number of hydrogen-bond donors (Lipinski definition) is 2. The monoisotopic (exact) mass is 423 g/mol. The Morgan fingerprint density at radius 2 is 1.81 bits per heavy atom. The van der Waals surface area contributed by atoms with E-state index in [0.717, 1.165) is 35.7 Å². The lowest BCUT2D eigenvalue weighted by Gasteiger charge is -2.32. The Labute approximate surface area is 181 Å². The standard InChI is InChI=1S/C24H27FN4O2/c1-17-15-18(2)29(27-17)22-9-5-20(6-10-22)24(30)26-16-23(28-11-13-31-14-12-28)19-3-7-21(25)8-4-19/h3-10,15,23H,11-14,16H2,1-2H3,(H,26,30)/p+1/t23-/m0/s1. The topological polar surface area (TPSA) is 60.6 Å². The van der Waals surface area contributed by atoms with Crippen LogP contribution < -0.4 is 10.2 Å². The molecule has 1 atom stereocenters. The van der Waals surface area contributed by atoms with Crippen LogP contribution in [0.1, 0.15) is 33.4 Å². The van der Waals surface area contributed by atoms with Gasteiger partial charge in [0.15, 0.2) is 0 Å². The second-order valence-electron chi connectivity index (χ2n) is 7.97. The van der Waals surface area contributed by atoms with Gasteiger partial charge >= 0.3 is 0 Å². The molecular weight excluding hydrogens is 395 g/mol. The third kappa shape index (κ3) is 5.00. The predicted molar refractivity (Wildman–Crippen MR) is 116 cm³/mol. The van der Waals surface area contributed by atoms with Crippen LogP contribution in [0.15, 0.2) is 54.6 Å². The first kappa shape index (κ1) is 21.2. The molecule has 0 radical (unpaired) electrons. The third-order valence-corrected chi connectivity index (χ3v) is 5.75. The zero-order chi connectivity index (χ0) is 21.8. The largest absolute Gasteiger partial charge is 0.370 e. The van der Waals surface area contributed by atoms with E-state index in [2.05, 4.69) is 10.4 Å². The molecule has 31 heavy (non-hydrogen) atoms. The average Bonchev–Trinajstić information content (AvgIpc) is 3.13. The smallest absolute Gasteiger partial charge is 0.251 e. The molecule has 1 aliphatic rings. The number of carbonyl (C=O) groups is 1. The Morgan fingerprint density at radius 1 is 1.13 bits per heavy atom. The Balaban J connectivity index is 1.45. The summed E-state index contributed by atoms with van der Waals surface area (Å²) in [6.45, 7) is 7.52. The molecule has 0 bridgehead atoms. The maximum Gasteiger partial charge on any atom is 0.251 e. The minimum atomic E-state index is -0.258. The molecule has 2 aromatic carbocycles. The second kappa shape index (κ2) is 9.41. The fraction of sp³-hybridized carbons (Fsp3) is 0.333. The number of benzene rings is 2. The normalized spacial score (nSPS) is 15.6. The van der Waals surface area contributed by atoms with E-state index in [-0.39, 0.29) is 17.8 Å². The molecule has 1 fully saturated rings. The van der Waals surface area contributed by atoms with Crippen molar-refractivity contribution in [1.82, 2.24) is 15.1 Å². The van der Waals surface area contributed by atoms with Gasteiger partial charge in [-0.15, -0.1) is 0 Å². The first-order valence-electron chi connectivity index (χ1n) is 10.6. The minimum absolute atomic E-state index is 0.0439. The van der Waals surface area contributed by atoms with Crippen LogP contribution in [-0.2, 0) is 4.74 Å². The summed E-state index contributed by atoms with van der Waals surface area (Å²) in [4.78, 5) is 14.1. The molecule has 162 valence electrons. The Morgan fingerprint density at radius 3 is 2.42 bits per heavy atom. The summed E-state index contributed by atoms with van der Waals surface area (Å²) in [6, 6.07) is 16.1. The number of aryl methyl sites for hydroxylation is 2. The number of nitrogens with zero attached hydrogens (tertiary/aromatic N) is 2. The Hall–Kier alpha value is -3.03. The quantitative estimate of drug-likeness (QED) is 0.638. The number of morpholine rings is 1. The highest BCUT2D eigenvalue weighted by molar-refractivity contribution is 5.94. The molecule has 0 aliphatic carbocycles. The van der Waals surface area contributed by atoms with Crippen molar-refractivity contribution in [2.24, 2.45) is 0 Å². The molecule has 3 aromatic rings. The second-order valence-corrected chi connectivity index (χ2v) is 7.97. The van der Waals surface area contributed by atoms with Crippen LogP contribution in [0.3, 0.4) is 0 Å². The third-order valence-electron chi connectivity index (χ3n) is 5.75. The van der Waals surface area contributed by atoms with Crippen LogP contribution in [0.25, 0.3) is 5.69 Å². The van der Waals surface area contributed by atoms with Gasteiger partial charge in [-0.05, 0) is 56.3 Å². The highest BCUT2D eigenvalue weighted by Crippen LogP contribution is 2.14. The van der Waals surface area contributed by atoms with Gasteiger partial charge in [0.25, 0.3) is 5.91 Å². The summed E-state index contributed by atoms with van der Waals surface area (Å²) in [5, 5.41) is 7.55. The number of ether oxygens (including phenoxy) is 1. The van der Waals surface area contributed by atoms with Crippen molar-refractivity contribution in [2.75, 3.05) is 32.8 Å². The first-order valence-corrected chi connectivity index (χ1v) is 10.6. The lowest BCUT2D eigenvalue weighted by Crippen LogP contribution is -3.15. The van der Waals surface area contributed by atoms with Gasteiger partial charge < -0.3 is 15.0 Å². The van der Waals surface area contributed by atoms with Crippen molar-refractivity contribution in [3.8, 4) is 5.69 Å². The van der Waals surface area contributed by atoms with Crippen LogP contribution in [0.5, 0.6) is 0 Å². The van der Waals surface area contributed by atoms with E-state index in [0.29, 0.717) is 25.3 Å². The highest BCUT2D eigenvalue weighted by atomic mass is 19.1. The van der Waals surface area contributed by atoms with E-state index >= 15 is 0 Å². The van der Waals surface area contributed by atoms with Crippen LogP contribution in [0.2, 0.25) is 0 Å². The number of quaternary nitrogens is 1. The van der Waals surface area contributed by atoms with Gasteiger partial charge in [0.05, 0.1) is 31.1 Å². The number of hydrogen-bond acceptors (Lipinski definition) is 3. The van der Waals surface area contributed by atoms with E-state index < -0.39 is 0 Å². The Bertz CT molecular complexity index is 1020. The first-order chi connectivity index (χ1) is 15.0. The molecule has 0 unspecified atom stereocenters. The summed E-state index contributed by atoms with van der Waals surface area (Å²) in [5.74, 6) is -0.383. The van der Waals surface area contributed by atoms with Gasteiger partial charge in [-0.1, -0.05) is 12.1 Å². The highest BCUT2D eigenvalue weighted by Gasteiger charge is 2.27. The van der Waals surface area contributed by atoms with Gasteiger partial charge in [0.2, 0.25) is 0 Å². The maximum absolute atomic E-state index is 13.4. The number of amides is 1. The molecule has 0 spiro atoms. The zero-order valence-electron chi connectivity index (χ0n) is 17.9. The molecule has 2 heterocycles. The van der Waals surface area contributed by atoms with Crippen molar-refractivity contribution in [3.05, 3.63) is 82.9 Å². The van der Waals surface area contributed by atoms with Crippen molar-refractivity contribution in [2.45, 2.75) is 19.9 Å². The molecule has 7 heteroatoms. The lowest BCUT2D eigenvalue weighted by molar-refractivity contribution is -0.937. The molecule has 1 aromatic heterocycles. The minimum Gasteiger partial charge on any atom is -0.370 e. The number of rotatable bonds is 6. The number of nitrogens with one attached hydrogen (secondary N) is 2. The van der Waals surface area contributed by atoms with Crippen molar-refractivity contribution >= 4 is 5.91 Å². The van der Waals surface area contributed by atoms with Gasteiger partial charge in [0, 0.05) is 16.8 Å². The predicted octanol–water partition coefficient (Wildman–Crippen LogP) is 2.01. The maximum atomic E-state index is 13.4. The molecule has 6 nitrogen and oxygen atoms in total. The van der Waals surface area contributed by atoms with Gasteiger partial charge in [-0.25, -0.2) is 9.07 Å². The molecule has 1 aliphatic heterocycles. The Kier molecular flexibility index (Phi) is 6.44. The van der Waals surface area contributed by atoms with Crippen LogP contribution in [0, 0.1) is 19.7 Å². The summed E-state index contributed by atoms with van der Waals surface area (Å²) < 4.78 is 20.8.